The van der Waals surface area contributed by atoms with Gasteiger partial charge in [-0.25, -0.2) is 0 Å². The van der Waals surface area contributed by atoms with Crippen LogP contribution in [0, 0.1) is 0 Å². The lowest BCUT2D eigenvalue weighted by atomic mass is 10.1. The van der Waals surface area contributed by atoms with E-state index in [1.807, 2.05) is 13.8 Å². The molecule has 2 rings (SSSR count). The molecule has 0 aliphatic heterocycles. The SMILES string of the molecule is CCc1noc(CC)c1CNC(=NC)NCc1ccc(OC)cc1OC(F)F.I. The van der Waals surface area contributed by atoms with Crippen molar-refractivity contribution in [2.45, 2.75) is 46.4 Å². The molecule has 0 fully saturated rings. The van der Waals surface area contributed by atoms with Crippen molar-refractivity contribution in [1.82, 2.24) is 15.8 Å². The molecule has 162 valence electrons. The van der Waals surface area contributed by atoms with Crippen LogP contribution >= 0.6 is 24.0 Å². The number of rotatable bonds is 9. The van der Waals surface area contributed by atoms with Gasteiger partial charge in [0.2, 0.25) is 0 Å². The molecule has 29 heavy (non-hydrogen) atoms. The van der Waals surface area contributed by atoms with Crippen molar-refractivity contribution >= 4 is 29.9 Å². The minimum absolute atomic E-state index is 0. The molecule has 0 aliphatic rings. The number of hydrogen-bond donors (Lipinski definition) is 2. The van der Waals surface area contributed by atoms with Gasteiger partial charge in [-0.2, -0.15) is 8.78 Å². The average Bonchev–Trinajstić information content (AvgIpc) is 3.10. The summed E-state index contributed by atoms with van der Waals surface area (Å²) in [5.74, 6) is 1.85. The van der Waals surface area contributed by atoms with Crippen molar-refractivity contribution in [3.63, 3.8) is 0 Å². The minimum atomic E-state index is -2.92. The number of methoxy groups -OCH3 is 1. The summed E-state index contributed by atoms with van der Waals surface area (Å²) >= 11 is 0. The summed E-state index contributed by atoms with van der Waals surface area (Å²) in [6.45, 7) is 1.85. The van der Waals surface area contributed by atoms with E-state index in [4.69, 9.17) is 9.26 Å². The van der Waals surface area contributed by atoms with E-state index < -0.39 is 6.61 Å². The van der Waals surface area contributed by atoms with Gasteiger partial charge in [-0.05, 0) is 18.6 Å². The molecule has 0 radical (unpaired) electrons. The van der Waals surface area contributed by atoms with Crippen molar-refractivity contribution in [3.8, 4) is 11.5 Å². The van der Waals surface area contributed by atoms with Crippen LogP contribution in [0.15, 0.2) is 27.7 Å². The van der Waals surface area contributed by atoms with E-state index in [1.165, 1.54) is 13.2 Å². The number of nitrogens with one attached hydrogen (secondary N) is 2. The van der Waals surface area contributed by atoms with E-state index in [9.17, 15) is 8.78 Å². The molecule has 0 atom stereocenters. The number of hydrogen-bond acceptors (Lipinski definition) is 5. The lowest BCUT2D eigenvalue weighted by Crippen LogP contribution is -2.36. The number of benzene rings is 1. The van der Waals surface area contributed by atoms with Crippen molar-refractivity contribution in [2.24, 2.45) is 4.99 Å². The number of aromatic nitrogens is 1. The number of ether oxygens (including phenoxy) is 2. The molecule has 0 saturated heterocycles. The standard InChI is InChI=1S/C19H26F2N4O3.HI/c1-5-15-14(16(6-2)28-25-15)11-24-19(22-3)23-10-12-7-8-13(26-4)9-17(12)27-18(20)21;/h7-9,18H,5-6,10-11H2,1-4H3,(H2,22,23,24);1H. The third-order valence-electron chi connectivity index (χ3n) is 4.20. The van der Waals surface area contributed by atoms with Crippen molar-refractivity contribution < 1.29 is 22.8 Å². The Labute approximate surface area is 186 Å². The van der Waals surface area contributed by atoms with E-state index in [0.717, 1.165) is 29.9 Å². The summed E-state index contributed by atoms with van der Waals surface area (Å²) in [7, 11) is 3.10. The third kappa shape index (κ3) is 7.02. The summed E-state index contributed by atoms with van der Waals surface area (Å²) in [5.41, 5.74) is 2.47. The molecule has 0 saturated carbocycles. The zero-order valence-corrected chi connectivity index (χ0v) is 19.3. The molecule has 0 bridgehead atoms. The molecule has 0 amide bonds. The molecule has 2 aromatic rings. The molecule has 0 spiro atoms. The summed E-state index contributed by atoms with van der Waals surface area (Å²) in [6.07, 6.45) is 1.52. The summed E-state index contributed by atoms with van der Waals surface area (Å²) in [5, 5.41) is 10.4. The van der Waals surface area contributed by atoms with Gasteiger partial charge in [0.1, 0.15) is 17.3 Å². The second-order valence-corrected chi connectivity index (χ2v) is 5.87. The fraction of sp³-hybridized carbons (Fsp3) is 0.474. The summed E-state index contributed by atoms with van der Waals surface area (Å²) in [4.78, 5) is 4.17. The van der Waals surface area contributed by atoms with E-state index >= 15 is 0 Å². The Morgan fingerprint density at radius 2 is 1.93 bits per heavy atom. The number of aliphatic imine (C=N–C) groups is 1. The van der Waals surface area contributed by atoms with E-state index in [2.05, 4.69) is 25.5 Å². The molecule has 7 nitrogen and oxygen atoms in total. The average molecular weight is 524 g/mol. The zero-order chi connectivity index (χ0) is 20.5. The molecule has 0 aliphatic carbocycles. The van der Waals surface area contributed by atoms with Gasteiger partial charge in [0.05, 0.1) is 12.8 Å². The van der Waals surface area contributed by atoms with Gasteiger partial charge in [-0.3, -0.25) is 4.99 Å². The van der Waals surface area contributed by atoms with Crippen LogP contribution in [-0.4, -0.2) is 31.9 Å². The molecule has 0 unspecified atom stereocenters. The second-order valence-electron chi connectivity index (χ2n) is 5.87. The lowest BCUT2D eigenvalue weighted by molar-refractivity contribution is -0.0505. The number of alkyl halides is 2. The van der Waals surface area contributed by atoms with Gasteiger partial charge in [0.25, 0.3) is 0 Å². The maximum atomic E-state index is 12.7. The molecular formula is C19H27F2IN4O3. The predicted octanol–water partition coefficient (Wildman–Crippen LogP) is 3.89. The van der Waals surface area contributed by atoms with Crippen LogP contribution in [0.4, 0.5) is 8.78 Å². The maximum absolute atomic E-state index is 12.7. The van der Waals surface area contributed by atoms with Gasteiger partial charge in [-0.1, -0.05) is 19.0 Å². The Morgan fingerprint density at radius 3 is 2.52 bits per heavy atom. The summed E-state index contributed by atoms with van der Waals surface area (Å²) < 4.78 is 40.4. The first kappa shape index (κ1) is 24.9. The highest BCUT2D eigenvalue weighted by atomic mass is 127. The first-order valence-corrected chi connectivity index (χ1v) is 9.04. The predicted molar refractivity (Wildman–Crippen MR) is 117 cm³/mol. The number of guanidine groups is 1. The van der Waals surface area contributed by atoms with Gasteiger partial charge in [-0.15, -0.1) is 24.0 Å². The molecular weight excluding hydrogens is 497 g/mol. The van der Waals surface area contributed by atoms with Gasteiger partial charge in [0.15, 0.2) is 5.96 Å². The van der Waals surface area contributed by atoms with Crippen LogP contribution in [0.2, 0.25) is 0 Å². The molecule has 1 aromatic carbocycles. The van der Waals surface area contributed by atoms with Crippen LogP contribution in [0.5, 0.6) is 11.5 Å². The topological polar surface area (TPSA) is 80.9 Å². The van der Waals surface area contributed by atoms with Crippen LogP contribution in [0.1, 0.15) is 36.4 Å². The Bertz CT molecular complexity index is 778. The highest BCUT2D eigenvalue weighted by molar-refractivity contribution is 14.0. The van der Waals surface area contributed by atoms with E-state index in [-0.39, 0.29) is 36.3 Å². The lowest BCUT2D eigenvalue weighted by Gasteiger charge is -2.15. The maximum Gasteiger partial charge on any atom is 0.387 e. The monoisotopic (exact) mass is 524 g/mol. The van der Waals surface area contributed by atoms with Gasteiger partial charge >= 0.3 is 6.61 Å². The Morgan fingerprint density at radius 1 is 1.21 bits per heavy atom. The molecule has 2 N–H and O–H groups in total. The van der Waals surface area contributed by atoms with Crippen LogP contribution in [0.25, 0.3) is 0 Å². The quantitative estimate of drug-likeness (QED) is 0.295. The Balaban J connectivity index is 0.00000420. The van der Waals surface area contributed by atoms with E-state index in [0.29, 0.717) is 23.8 Å². The number of nitrogens with zero attached hydrogens (tertiary/aromatic N) is 2. The van der Waals surface area contributed by atoms with Crippen LogP contribution < -0.4 is 20.1 Å². The molecule has 1 heterocycles. The zero-order valence-electron chi connectivity index (χ0n) is 16.9. The largest absolute Gasteiger partial charge is 0.497 e. The first-order valence-electron chi connectivity index (χ1n) is 9.04. The second kappa shape index (κ2) is 12.5. The highest BCUT2D eigenvalue weighted by Gasteiger charge is 2.15. The van der Waals surface area contributed by atoms with Crippen molar-refractivity contribution in [1.29, 1.82) is 0 Å². The fourth-order valence-electron chi connectivity index (χ4n) is 2.72. The molecule has 10 heteroatoms. The van der Waals surface area contributed by atoms with Crippen molar-refractivity contribution in [2.75, 3.05) is 14.2 Å². The van der Waals surface area contributed by atoms with Gasteiger partial charge in [0, 0.05) is 43.8 Å². The van der Waals surface area contributed by atoms with Gasteiger partial charge < -0.3 is 24.6 Å². The first-order chi connectivity index (χ1) is 13.5. The van der Waals surface area contributed by atoms with E-state index in [1.54, 1.807) is 19.2 Å². The number of aryl methyl sites for hydroxylation is 2. The number of halogens is 3. The van der Waals surface area contributed by atoms with Crippen LogP contribution in [0.3, 0.4) is 0 Å². The van der Waals surface area contributed by atoms with Crippen molar-refractivity contribution in [3.05, 3.63) is 40.8 Å². The fourth-order valence-corrected chi connectivity index (χ4v) is 2.72. The third-order valence-corrected chi connectivity index (χ3v) is 4.20. The molecule has 1 aromatic heterocycles. The highest BCUT2D eigenvalue weighted by Crippen LogP contribution is 2.26. The minimum Gasteiger partial charge on any atom is -0.497 e. The smallest absolute Gasteiger partial charge is 0.387 e. The van der Waals surface area contributed by atoms with Crippen LogP contribution in [-0.2, 0) is 25.9 Å². The normalized spacial score (nSPS) is 11.2. The summed E-state index contributed by atoms with van der Waals surface area (Å²) in [6, 6.07) is 4.78. The Hall–Kier alpha value is -2.11. The Kier molecular flexibility index (Phi) is 10.7.